The number of carbonyl (C=O) groups is 2. The third-order valence-electron chi connectivity index (χ3n) is 6.64. The number of oxazole rings is 1. The minimum Gasteiger partial charge on any atom is -0.423 e. The number of hydrogen-bond acceptors (Lipinski definition) is 6. The van der Waals surface area contributed by atoms with Crippen LogP contribution in [0.5, 0.6) is 0 Å². The number of hydrogen-bond donors (Lipinski definition) is 2. The molecule has 2 heterocycles. The molecule has 9 heteroatoms. The molecule has 1 aromatic heterocycles. The van der Waals surface area contributed by atoms with Gasteiger partial charge in [0.15, 0.2) is 5.58 Å². The van der Waals surface area contributed by atoms with E-state index >= 15 is 0 Å². The number of aryl methyl sites for hydroxylation is 1. The van der Waals surface area contributed by atoms with Crippen LogP contribution >= 0.6 is 0 Å². The first kappa shape index (κ1) is 24.5. The Hall–Kier alpha value is -4.24. The van der Waals surface area contributed by atoms with Crippen molar-refractivity contribution >= 4 is 34.6 Å². The van der Waals surface area contributed by atoms with Gasteiger partial charge in [-0.05, 0) is 61.0 Å². The van der Waals surface area contributed by atoms with Gasteiger partial charge in [0.2, 0.25) is 5.91 Å². The number of nitrogens with one attached hydrogen (secondary N) is 1. The van der Waals surface area contributed by atoms with Crippen molar-refractivity contribution in [1.82, 2.24) is 14.8 Å². The number of carbonyl (C=O) groups excluding carboxylic acids is 2. The molecule has 3 aromatic carbocycles. The van der Waals surface area contributed by atoms with Gasteiger partial charge in [-0.2, -0.15) is 4.98 Å². The minimum absolute atomic E-state index is 0.0396. The number of anilines is 2. The van der Waals surface area contributed by atoms with Crippen molar-refractivity contribution in [2.45, 2.75) is 13.3 Å². The molecular formula is C28H28FN5O3. The number of fused-ring (bicyclic) bond motifs is 1. The zero-order valence-electron chi connectivity index (χ0n) is 20.8. The number of halogens is 1. The van der Waals surface area contributed by atoms with Crippen molar-refractivity contribution in [3.05, 3.63) is 77.1 Å². The van der Waals surface area contributed by atoms with E-state index in [4.69, 9.17) is 10.2 Å². The Morgan fingerprint density at radius 3 is 2.57 bits per heavy atom. The van der Waals surface area contributed by atoms with E-state index in [1.807, 2.05) is 48.2 Å². The Labute approximate surface area is 213 Å². The second-order valence-electron chi connectivity index (χ2n) is 9.37. The first-order valence-corrected chi connectivity index (χ1v) is 12.1. The molecule has 0 atom stereocenters. The molecule has 1 aliphatic rings. The maximum atomic E-state index is 14.6. The summed E-state index contributed by atoms with van der Waals surface area (Å²) < 4.78 is 20.6. The van der Waals surface area contributed by atoms with E-state index in [1.165, 1.54) is 6.07 Å². The predicted molar refractivity (Wildman–Crippen MR) is 140 cm³/mol. The Morgan fingerprint density at radius 2 is 1.86 bits per heavy atom. The Bertz CT molecular complexity index is 1490. The summed E-state index contributed by atoms with van der Waals surface area (Å²) >= 11 is 0. The van der Waals surface area contributed by atoms with E-state index in [0.717, 1.165) is 37.4 Å². The van der Waals surface area contributed by atoms with Crippen LogP contribution in [-0.4, -0.2) is 59.8 Å². The van der Waals surface area contributed by atoms with Gasteiger partial charge in [-0.25, -0.2) is 4.39 Å². The molecule has 1 fully saturated rings. The number of aromatic nitrogens is 1. The number of rotatable bonds is 6. The molecule has 5 rings (SSSR count). The van der Waals surface area contributed by atoms with E-state index in [2.05, 4.69) is 22.2 Å². The number of likely N-dealkylation sites (N-methyl/N-ethyl adjacent to an activating group) is 1. The standard InChI is InChI=1S/C28H28FN5O3/c1-17-14-20(8-9-21(17)27(36)34-12-10-33(2)11-13-34)31-28-32-24-5-3-4-22(26(24)37-28)18-6-7-19(16-25(30)35)23(29)15-18/h3-9,14-15H,10-13,16H2,1-2H3,(H2,30,35)(H,31,32). The lowest BCUT2D eigenvalue weighted by Gasteiger charge is -2.32. The highest BCUT2D eigenvalue weighted by Crippen LogP contribution is 2.33. The molecule has 3 N–H and O–H groups in total. The largest absolute Gasteiger partial charge is 0.423 e. The second kappa shape index (κ2) is 10.0. The fourth-order valence-electron chi connectivity index (χ4n) is 4.56. The van der Waals surface area contributed by atoms with Gasteiger partial charge in [-0.3, -0.25) is 9.59 Å². The summed E-state index contributed by atoms with van der Waals surface area (Å²) in [6.07, 6.45) is -0.161. The van der Waals surface area contributed by atoms with Crippen molar-refractivity contribution in [2.24, 2.45) is 5.73 Å². The normalized spacial score (nSPS) is 14.2. The predicted octanol–water partition coefficient (Wildman–Crippen LogP) is 4.10. The number of nitrogens with two attached hydrogens (primary N) is 1. The monoisotopic (exact) mass is 501 g/mol. The number of para-hydroxylation sites is 1. The maximum absolute atomic E-state index is 14.6. The average Bonchev–Trinajstić information content (AvgIpc) is 3.28. The molecule has 190 valence electrons. The van der Waals surface area contributed by atoms with Crippen LogP contribution in [0.25, 0.3) is 22.2 Å². The van der Waals surface area contributed by atoms with Crippen LogP contribution in [-0.2, 0) is 11.2 Å². The number of benzene rings is 3. The molecule has 0 radical (unpaired) electrons. The lowest BCUT2D eigenvalue weighted by molar-refractivity contribution is -0.117. The van der Waals surface area contributed by atoms with Gasteiger partial charge in [0.25, 0.3) is 11.9 Å². The molecule has 1 saturated heterocycles. The Balaban J connectivity index is 1.37. The summed E-state index contributed by atoms with van der Waals surface area (Å²) in [7, 11) is 2.06. The van der Waals surface area contributed by atoms with Crippen LogP contribution < -0.4 is 11.1 Å². The van der Waals surface area contributed by atoms with Crippen LogP contribution in [0.2, 0.25) is 0 Å². The molecule has 0 spiro atoms. The Morgan fingerprint density at radius 1 is 1.08 bits per heavy atom. The maximum Gasteiger partial charge on any atom is 0.300 e. The highest BCUT2D eigenvalue weighted by Gasteiger charge is 2.22. The third-order valence-corrected chi connectivity index (χ3v) is 6.64. The van der Waals surface area contributed by atoms with E-state index in [-0.39, 0.29) is 23.9 Å². The van der Waals surface area contributed by atoms with Crippen LogP contribution in [0.3, 0.4) is 0 Å². The fourth-order valence-corrected chi connectivity index (χ4v) is 4.56. The molecule has 0 bridgehead atoms. The summed E-state index contributed by atoms with van der Waals surface area (Å²) in [5, 5.41) is 3.17. The van der Waals surface area contributed by atoms with Crippen molar-refractivity contribution in [3.8, 4) is 11.1 Å². The molecule has 4 aromatic rings. The number of nitrogens with zero attached hydrogens (tertiary/aromatic N) is 3. The SMILES string of the molecule is Cc1cc(Nc2nc3cccc(-c4ccc(CC(N)=O)c(F)c4)c3o2)ccc1C(=O)N1CCN(C)CC1. The van der Waals surface area contributed by atoms with Gasteiger partial charge in [0, 0.05) is 43.0 Å². The molecule has 0 unspecified atom stereocenters. The van der Waals surface area contributed by atoms with Gasteiger partial charge in [-0.1, -0.05) is 24.3 Å². The molecule has 2 amide bonds. The topological polar surface area (TPSA) is 105 Å². The number of piperazine rings is 1. The van der Waals surface area contributed by atoms with Gasteiger partial charge >= 0.3 is 0 Å². The summed E-state index contributed by atoms with van der Waals surface area (Å²) in [5.74, 6) is -1.06. The van der Waals surface area contributed by atoms with Crippen molar-refractivity contribution in [1.29, 1.82) is 0 Å². The van der Waals surface area contributed by atoms with Crippen LogP contribution in [0.1, 0.15) is 21.5 Å². The van der Waals surface area contributed by atoms with Gasteiger partial charge in [-0.15, -0.1) is 0 Å². The molecular weight excluding hydrogens is 473 g/mol. The summed E-state index contributed by atoms with van der Waals surface area (Å²) in [6, 6.07) is 15.9. The first-order valence-electron chi connectivity index (χ1n) is 12.1. The first-order chi connectivity index (χ1) is 17.8. The van der Waals surface area contributed by atoms with E-state index in [1.54, 1.807) is 12.1 Å². The van der Waals surface area contributed by atoms with E-state index in [9.17, 15) is 14.0 Å². The van der Waals surface area contributed by atoms with E-state index < -0.39 is 11.7 Å². The lowest BCUT2D eigenvalue weighted by Crippen LogP contribution is -2.47. The van der Waals surface area contributed by atoms with Crippen molar-refractivity contribution in [3.63, 3.8) is 0 Å². The third kappa shape index (κ3) is 5.17. The fraction of sp³-hybridized carbons (Fsp3) is 0.250. The summed E-state index contributed by atoms with van der Waals surface area (Å²) in [5.41, 5.74) is 10.1. The number of amides is 2. The van der Waals surface area contributed by atoms with Gasteiger partial charge < -0.3 is 25.3 Å². The molecule has 0 aliphatic carbocycles. The molecule has 1 aliphatic heterocycles. The zero-order chi connectivity index (χ0) is 26.1. The van der Waals surface area contributed by atoms with Gasteiger partial charge in [0.05, 0.1) is 6.42 Å². The highest BCUT2D eigenvalue weighted by atomic mass is 19.1. The zero-order valence-corrected chi connectivity index (χ0v) is 20.8. The second-order valence-corrected chi connectivity index (χ2v) is 9.37. The highest BCUT2D eigenvalue weighted by molar-refractivity contribution is 5.96. The van der Waals surface area contributed by atoms with Crippen LogP contribution in [0.4, 0.5) is 16.1 Å². The lowest BCUT2D eigenvalue weighted by atomic mass is 10.0. The van der Waals surface area contributed by atoms with Crippen molar-refractivity contribution < 1.29 is 18.4 Å². The molecule has 8 nitrogen and oxygen atoms in total. The minimum atomic E-state index is -0.591. The molecule has 37 heavy (non-hydrogen) atoms. The smallest absolute Gasteiger partial charge is 0.300 e. The van der Waals surface area contributed by atoms with Gasteiger partial charge in [0.1, 0.15) is 11.3 Å². The summed E-state index contributed by atoms with van der Waals surface area (Å²) in [4.78, 5) is 32.8. The van der Waals surface area contributed by atoms with E-state index in [0.29, 0.717) is 27.8 Å². The quantitative estimate of drug-likeness (QED) is 0.412. The molecule has 0 saturated carbocycles. The summed E-state index contributed by atoms with van der Waals surface area (Å²) in [6.45, 7) is 5.09. The average molecular weight is 502 g/mol. The van der Waals surface area contributed by atoms with Crippen LogP contribution in [0.15, 0.2) is 59.0 Å². The number of primary amides is 1. The van der Waals surface area contributed by atoms with Crippen molar-refractivity contribution in [2.75, 3.05) is 38.5 Å². The Kier molecular flexibility index (Phi) is 6.62. The van der Waals surface area contributed by atoms with Crippen LogP contribution in [0, 0.1) is 12.7 Å².